The molecule has 5 nitrogen and oxygen atoms in total. The molecule has 22 heavy (non-hydrogen) atoms. The third-order valence-corrected chi connectivity index (χ3v) is 2.53. The van der Waals surface area contributed by atoms with Gasteiger partial charge in [0, 0.05) is 13.1 Å². The minimum atomic E-state index is -2.26. The van der Waals surface area contributed by atoms with Crippen molar-refractivity contribution in [3.63, 3.8) is 0 Å². The van der Waals surface area contributed by atoms with Gasteiger partial charge in [-0.2, -0.15) is 4.39 Å². The Morgan fingerprint density at radius 3 is 2.18 bits per heavy atom. The number of phenols is 1. The van der Waals surface area contributed by atoms with Gasteiger partial charge in [-0.1, -0.05) is 0 Å². The standard InChI is InChI=1S/C13H11F4NO4/c1-3-22-13(21)5(18-2)4-6(19)7-8(14)9(15)10(16)11(17)12(7)20/h4,18,20H,3H2,1-2H3. The van der Waals surface area contributed by atoms with Crippen LogP contribution in [0.25, 0.3) is 0 Å². The second-order valence-electron chi connectivity index (χ2n) is 3.87. The van der Waals surface area contributed by atoms with Gasteiger partial charge < -0.3 is 15.2 Å². The number of likely N-dealkylation sites (N-methyl/N-ethyl adjacent to an activating group) is 1. The predicted octanol–water partition coefficient (Wildman–Crippen LogP) is 1.80. The number of hydrogen-bond donors (Lipinski definition) is 2. The molecule has 0 amide bonds. The first-order valence-electron chi connectivity index (χ1n) is 5.92. The Bertz CT molecular complexity index is 629. The van der Waals surface area contributed by atoms with E-state index < -0.39 is 52.0 Å². The number of aromatic hydroxyl groups is 1. The summed E-state index contributed by atoms with van der Waals surface area (Å²) >= 11 is 0. The van der Waals surface area contributed by atoms with Crippen LogP contribution in [0.3, 0.4) is 0 Å². The fraction of sp³-hybridized carbons (Fsp3) is 0.231. The van der Waals surface area contributed by atoms with E-state index in [0.717, 1.165) is 0 Å². The molecule has 0 aliphatic heterocycles. The van der Waals surface area contributed by atoms with Gasteiger partial charge in [-0.05, 0) is 6.92 Å². The van der Waals surface area contributed by atoms with Gasteiger partial charge in [0.05, 0.1) is 6.61 Å². The molecular formula is C13H11F4NO4. The normalized spacial score (nSPS) is 11.3. The molecule has 0 aromatic heterocycles. The molecule has 1 aromatic rings. The van der Waals surface area contributed by atoms with Crippen molar-refractivity contribution >= 4 is 11.8 Å². The van der Waals surface area contributed by atoms with E-state index in [2.05, 4.69) is 10.1 Å². The summed E-state index contributed by atoms with van der Waals surface area (Å²) < 4.78 is 57.3. The molecular weight excluding hydrogens is 310 g/mol. The van der Waals surface area contributed by atoms with Crippen LogP contribution in [0.15, 0.2) is 11.8 Å². The van der Waals surface area contributed by atoms with Crippen molar-refractivity contribution in [2.75, 3.05) is 13.7 Å². The largest absolute Gasteiger partial charge is 0.504 e. The first-order valence-corrected chi connectivity index (χ1v) is 5.92. The third kappa shape index (κ3) is 3.18. The zero-order valence-electron chi connectivity index (χ0n) is 11.5. The molecule has 0 atom stereocenters. The van der Waals surface area contributed by atoms with Crippen LogP contribution in [-0.4, -0.2) is 30.5 Å². The summed E-state index contributed by atoms with van der Waals surface area (Å²) in [6.07, 6.45) is 0.465. The fourth-order valence-corrected chi connectivity index (χ4v) is 1.49. The van der Waals surface area contributed by atoms with Crippen molar-refractivity contribution in [1.82, 2.24) is 5.32 Å². The number of carbonyl (C=O) groups is 2. The number of rotatable bonds is 5. The number of nitrogens with one attached hydrogen (secondary N) is 1. The first-order chi connectivity index (χ1) is 10.3. The lowest BCUT2D eigenvalue weighted by Crippen LogP contribution is -2.20. The minimum Gasteiger partial charge on any atom is -0.504 e. The lowest BCUT2D eigenvalue weighted by molar-refractivity contribution is -0.138. The Labute approximate surface area is 122 Å². The molecule has 0 aliphatic carbocycles. The van der Waals surface area contributed by atoms with E-state index in [-0.39, 0.29) is 6.61 Å². The quantitative estimate of drug-likeness (QED) is 0.216. The lowest BCUT2D eigenvalue weighted by atomic mass is 10.1. The van der Waals surface area contributed by atoms with Gasteiger partial charge in [-0.15, -0.1) is 0 Å². The molecule has 9 heteroatoms. The molecule has 120 valence electrons. The second-order valence-corrected chi connectivity index (χ2v) is 3.87. The number of carbonyl (C=O) groups excluding carboxylic acids is 2. The molecule has 0 aliphatic rings. The van der Waals surface area contributed by atoms with Crippen LogP contribution in [-0.2, 0) is 9.53 Å². The third-order valence-electron chi connectivity index (χ3n) is 2.53. The van der Waals surface area contributed by atoms with E-state index in [1.165, 1.54) is 14.0 Å². The molecule has 0 heterocycles. The van der Waals surface area contributed by atoms with Crippen molar-refractivity contribution in [2.24, 2.45) is 0 Å². The van der Waals surface area contributed by atoms with Crippen LogP contribution in [0.5, 0.6) is 5.75 Å². The van der Waals surface area contributed by atoms with E-state index in [4.69, 9.17) is 0 Å². The summed E-state index contributed by atoms with van der Waals surface area (Å²) in [7, 11) is 1.23. The second kappa shape index (κ2) is 6.92. The maximum Gasteiger partial charge on any atom is 0.354 e. The Kier molecular flexibility index (Phi) is 5.50. The van der Waals surface area contributed by atoms with Crippen molar-refractivity contribution in [3.05, 3.63) is 40.6 Å². The van der Waals surface area contributed by atoms with Crippen molar-refractivity contribution in [2.45, 2.75) is 6.92 Å². The smallest absolute Gasteiger partial charge is 0.354 e. The van der Waals surface area contributed by atoms with Gasteiger partial charge in [-0.25, -0.2) is 18.0 Å². The number of benzene rings is 1. The Morgan fingerprint density at radius 2 is 1.68 bits per heavy atom. The minimum absolute atomic E-state index is 0.0224. The number of halogens is 4. The van der Waals surface area contributed by atoms with Gasteiger partial charge in [0.25, 0.3) is 0 Å². The molecule has 0 radical (unpaired) electrons. The summed E-state index contributed by atoms with van der Waals surface area (Å²) in [5, 5.41) is 11.5. The Morgan fingerprint density at radius 1 is 1.14 bits per heavy atom. The summed E-state index contributed by atoms with van der Waals surface area (Å²) in [6.45, 7) is 1.47. The lowest BCUT2D eigenvalue weighted by Gasteiger charge is -2.08. The van der Waals surface area contributed by atoms with E-state index in [1.54, 1.807) is 0 Å². The van der Waals surface area contributed by atoms with Crippen molar-refractivity contribution < 1.29 is 37.0 Å². The highest BCUT2D eigenvalue weighted by Gasteiger charge is 2.29. The molecule has 0 unspecified atom stereocenters. The highest BCUT2D eigenvalue weighted by Crippen LogP contribution is 2.30. The van der Waals surface area contributed by atoms with Gasteiger partial charge in [-0.3, -0.25) is 4.79 Å². The van der Waals surface area contributed by atoms with Crippen molar-refractivity contribution in [3.8, 4) is 5.75 Å². The number of ketones is 1. The van der Waals surface area contributed by atoms with Gasteiger partial charge in [0.15, 0.2) is 23.2 Å². The van der Waals surface area contributed by atoms with E-state index in [9.17, 15) is 32.3 Å². The number of hydrogen-bond acceptors (Lipinski definition) is 5. The summed E-state index contributed by atoms with van der Waals surface area (Å²) in [4.78, 5) is 23.2. The number of phenolic OH excluding ortho intramolecular Hbond substituents is 1. The summed E-state index contributed by atoms with van der Waals surface area (Å²) in [5.41, 5.74) is -1.88. The Hall–Kier alpha value is -2.58. The first kappa shape index (κ1) is 17.5. The average Bonchev–Trinajstić information content (AvgIpc) is 2.49. The maximum atomic E-state index is 13.5. The zero-order valence-corrected chi connectivity index (χ0v) is 11.5. The molecule has 0 fully saturated rings. The summed E-state index contributed by atoms with van der Waals surface area (Å²) in [6, 6.07) is 0. The highest BCUT2D eigenvalue weighted by atomic mass is 19.2. The van der Waals surface area contributed by atoms with Gasteiger partial charge in [0.2, 0.25) is 11.6 Å². The maximum absolute atomic E-state index is 13.5. The van der Waals surface area contributed by atoms with Gasteiger partial charge in [0.1, 0.15) is 11.3 Å². The fourth-order valence-electron chi connectivity index (χ4n) is 1.49. The number of allylic oxidation sites excluding steroid dienone is 1. The van der Waals surface area contributed by atoms with Gasteiger partial charge >= 0.3 is 5.97 Å². The van der Waals surface area contributed by atoms with Crippen LogP contribution in [0.2, 0.25) is 0 Å². The van der Waals surface area contributed by atoms with Crippen LogP contribution in [0.4, 0.5) is 17.6 Å². The van der Waals surface area contributed by atoms with Crippen LogP contribution in [0.1, 0.15) is 17.3 Å². The van der Waals surface area contributed by atoms with Crippen molar-refractivity contribution in [1.29, 1.82) is 0 Å². The molecule has 2 N–H and O–H groups in total. The highest BCUT2D eigenvalue weighted by molar-refractivity contribution is 6.10. The molecule has 1 aromatic carbocycles. The topological polar surface area (TPSA) is 75.6 Å². The predicted molar refractivity (Wildman–Crippen MR) is 66.0 cm³/mol. The molecule has 0 spiro atoms. The van der Waals surface area contributed by atoms with Crippen LogP contribution < -0.4 is 5.32 Å². The molecule has 0 bridgehead atoms. The molecule has 0 saturated heterocycles. The average molecular weight is 321 g/mol. The number of ether oxygens (including phenoxy) is 1. The van der Waals surface area contributed by atoms with E-state index in [0.29, 0.717) is 6.08 Å². The summed E-state index contributed by atoms with van der Waals surface area (Å²) in [5.74, 6) is -12.8. The van der Waals surface area contributed by atoms with Crippen LogP contribution >= 0.6 is 0 Å². The number of esters is 1. The molecule has 1 rings (SSSR count). The molecule has 0 saturated carbocycles. The Balaban J connectivity index is 3.38. The zero-order chi connectivity index (χ0) is 17.0. The monoisotopic (exact) mass is 321 g/mol. The van der Waals surface area contributed by atoms with Crippen LogP contribution in [0, 0.1) is 23.3 Å². The SMILES string of the molecule is CCOC(=O)C(=CC(=O)c1c(O)c(F)c(F)c(F)c1F)NC. The van der Waals surface area contributed by atoms with E-state index >= 15 is 0 Å². The van der Waals surface area contributed by atoms with E-state index in [1.807, 2.05) is 0 Å².